The summed E-state index contributed by atoms with van der Waals surface area (Å²) < 4.78 is 0. The maximum Gasteiger partial charge on any atom is 0.0981 e. The maximum absolute atomic E-state index is 10.7. The van der Waals surface area contributed by atoms with E-state index >= 15 is 0 Å². The molecule has 124 valence electrons. The molecule has 3 nitrogen and oxygen atoms in total. The summed E-state index contributed by atoms with van der Waals surface area (Å²) in [6.45, 7) is 8.26. The molecular weight excluding hydrogens is 304 g/mol. The lowest BCUT2D eigenvalue weighted by Gasteiger charge is -2.23. The van der Waals surface area contributed by atoms with E-state index in [9.17, 15) is 5.11 Å². The molecule has 0 aliphatic heterocycles. The van der Waals surface area contributed by atoms with Crippen LogP contribution in [0.3, 0.4) is 0 Å². The van der Waals surface area contributed by atoms with Crippen molar-refractivity contribution < 1.29 is 5.11 Å². The minimum atomic E-state index is -0.372. The number of benzene rings is 1. The van der Waals surface area contributed by atoms with Crippen molar-refractivity contribution in [2.75, 3.05) is 6.54 Å². The number of aliphatic hydroxyl groups is 1. The van der Waals surface area contributed by atoms with E-state index in [1.165, 1.54) is 9.88 Å². The van der Waals surface area contributed by atoms with E-state index in [0.717, 1.165) is 31.5 Å². The van der Waals surface area contributed by atoms with Crippen LogP contribution in [0.2, 0.25) is 0 Å². The topological polar surface area (TPSA) is 45.2 Å². The molecule has 0 spiro atoms. The third-order valence-electron chi connectivity index (χ3n) is 4.56. The summed E-state index contributed by atoms with van der Waals surface area (Å²) >= 11 is 1.78. The molecule has 1 aliphatic carbocycles. The normalized spacial score (nSPS) is 17.9. The highest BCUT2D eigenvalue weighted by Gasteiger charge is 2.48. The number of thiazole rings is 1. The lowest BCUT2D eigenvalue weighted by molar-refractivity contribution is 0.0918. The summed E-state index contributed by atoms with van der Waals surface area (Å²) in [5, 5.41) is 15.4. The zero-order chi connectivity index (χ0) is 16.5. The van der Waals surface area contributed by atoms with E-state index in [1.54, 1.807) is 11.3 Å². The van der Waals surface area contributed by atoms with Crippen LogP contribution in [0.5, 0.6) is 0 Å². The second kappa shape index (κ2) is 6.34. The smallest absolute Gasteiger partial charge is 0.0981 e. The van der Waals surface area contributed by atoms with Gasteiger partial charge in [0.25, 0.3) is 0 Å². The van der Waals surface area contributed by atoms with Crippen LogP contribution in [0.15, 0.2) is 36.5 Å². The summed E-state index contributed by atoms with van der Waals surface area (Å²) in [5.41, 5.74) is 1.16. The Labute approximate surface area is 142 Å². The van der Waals surface area contributed by atoms with Crippen molar-refractivity contribution in [3.8, 4) is 0 Å². The summed E-state index contributed by atoms with van der Waals surface area (Å²) in [4.78, 5) is 5.79. The van der Waals surface area contributed by atoms with Gasteiger partial charge >= 0.3 is 0 Å². The number of nitrogens with one attached hydrogen (secondary N) is 1. The van der Waals surface area contributed by atoms with Crippen molar-refractivity contribution in [2.24, 2.45) is 5.41 Å². The zero-order valence-corrected chi connectivity index (χ0v) is 15.0. The molecule has 23 heavy (non-hydrogen) atoms. The fourth-order valence-electron chi connectivity index (χ4n) is 2.87. The second-order valence-electron chi connectivity index (χ2n) is 7.66. The number of aliphatic hydroxyl groups excluding tert-OH is 1. The molecule has 1 fully saturated rings. The SMILES string of the molecule is CC(C)(C)c1ncc(CNCC2(C(O)c3ccccc3)CC2)s1. The highest BCUT2D eigenvalue weighted by molar-refractivity contribution is 7.11. The Balaban J connectivity index is 1.55. The van der Waals surface area contributed by atoms with Gasteiger partial charge in [-0.2, -0.15) is 0 Å². The van der Waals surface area contributed by atoms with Gasteiger partial charge in [0.05, 0.1) is 11.1 Å². The van der Waals surface area contributed by atoms with Gasteiger partial charge in [0.2, 0.25) is 0 Å². The van der Waals surface area contributed by atoms with Crippen LogP contribution in [-0.4, -0.2) is 16.6 Å². The van der Waals surface area contributed by atoms with Crippen LogP contribution >= 0.6 is 11.3 Å². The third-order valence-corrected chi connectivity index (χ3v) is 5.98. The quantitative estimate of drug-likeness (QED) is 0.840. The van der Waals surface area contributed by atoms with Crippen molar-refractivity contribution >= 4 is 11.3 Å². The van der Waals surface area contributed by atoms with Gasteiger partial charge in [-0.15, -0.1) is 11.3 Å². The first-order valence-corrected chi connectivity index (χ1v) is 9.11. The summed E-state index contributed by atoms with van der Waals surface area (Å²) in [6, 6.07) is 10.0. The molecule has 0 bridgehead atoms. The standard InChI is InChI=1S/C19H26N2OS/c1-18(2,3)17-21-12-15(23-17)11-20-13-19(9-10-19)16(22)14-7-5-4-6-8-14/h4-8,12,16,20,22H,9-11,13H2,1-3H3. The summed E-state index contributed by atoms with van der Waals surface area (Å²) in [6.07, 6.45) is 3.78. The molecular formula is C19H26N2OS. The van der Waals surface area contributed by atoms with Gasteiger partial charge in [0, 0.05) is 35.0 Å². The Bertz CT molecular complexity index is 641. The van der Waals surface area contributed by atoms with E-state index in [0.29, 0.717) is 0 Å². The number of aromatic nitrogens is 1. The highest BCUT2D eigenvalue weighted by Crippen LogP contribution is 2.54. The fraction of sp³-hybridized carbons (Fsp3) is 0.526. The first-order valence-electron chi connectivity index (χ1n) is 8.30. The molecule has 0 saturated heterocycles. The summed E-state index contributed by atoms with van der Waals surface area (Å²) in [5.74, 6) is 0. The van der Waals surface area contributed by atoms with Gasteiger partial charge in [-0.05, 0) is 18.4 Å². The third kappa shape index (κ3) is 3.82. The molecule has 2 aromatic rings. The van der Waals surface area contributed by atoms with Gasteiger partial charge in [-0.3, -0.25) is 0 Å². The van der Waals surface area contributed by atoms with Gasteiger partial charge in [0.1, 0.15) is 0 Å². The van der Waals surface area contributed by atoms with Crippen molar-refractivity contribution in [2.45, 2.75) is 51.7 Å². The molecule has 1 aliphatic rings. The van der Waals surface area contributed by atoms with Crippen molar-refractivity contribution in [3.05, 3.63) is 52.0 Å². The fourth-order valence-corrected chi connectivity index (χ4v) is 3.81. The molecule has 1 aromatic heterocycles. The zero-order valence-electron chi connectivity index (χ0n) is 14.2. The number of hydrogen-bond acceptors (Lipinski definition) is 4. The molecule has 1 saturated carbocycles. The van der Waals surface area contributed by atoms with Gasteiger partial charge in [-0.25, -0.2) is 4.98 Å². The van der Waals surface area contributed by atoms with Crippen LogP contribution < -0.4 is 5.32 Å². The number of nitrogens with zero attached hydrogens (tertiary/aromatic N) is 1. The van der Waals surface area contributed by atoms with E-state index in [-0.39, 0.29) is 16.9 Å². The first kappa shape index (κ1) is 16.6. The summed E-state index contributed by atoms with van der Waals surface area (Å²) in [7, 11) is 0. The van der Waals surface area contributed by atoms with E-state index in [4.69, 9.17) is 0 Å². The molecule has 0 radical (unpaired) electrons. The number of rotatable bonds is 6. The Kier molecular flexibility index (Phi) is 4.59. The van der Waals surface area contributed by atoms with Crippen LogP contribution in [0.1, 0.15) is 55.2 Å². The van der Waals surface area contributed by atoms with E-state index in [1.807, 2.05) is 36.5 Å². The van der Waals surface area contributed by atoms with Crippen molar-refractivity contribution in [1.29, 1.82) is 0 Å². The Morgan fingerprint density at radius 1 is 1.26 bits per heavy atom. The van der Waals surface area contributed by atoms with Crippen molar-refractivity contribution in [1.82, 2.24) is 10.3 Å². The second-order valence-corrected chi connectivity index (χ2v) is 8.78. The predicted molar refractivity (Wildman–Crippen MR) is 95.6 cm³/mol. The molecule has 2 N–H and O–H groups in total. The molecule has 1 unspecified atom stereocenters. The first-order chi connectivity index (χ1) is 10.9. The minimum Gasteiger partial charge on any atom is -0.388 e. The Morgan fingerprint density at radius 3 is 2.52 bits per heavy atom. The average Bonchev–Trinajstić information content (AvgIpc) is 3.15. The van der Waals surface area contributed by atoms with E-state index in [2.05, 4.69) is 31.1 Å². The molecule has 3 rings (SSSR count). The largest absolute Gasteiger partial charge is 0.388 e. The van der Waals surface area contributed by atoms with Crippen molar-refractivity contribution in [3.63, 3.8) is 0 Å². The van der Waals surface area contributed by atoms with Crippen LogP contribution in [0.4, 0.5) is 0 Å². The van der Waals surface area contributed by atoms with Crippen LogP contribution in [0.25, 0.3) is 0 Å². The Hall–Kier alpha value is -1.23. The molecule has 0 amide bonds. The van der Waals surface area contributed by atoms with Gasteiger partial charge in [0.15, 0.2) is 0 Å². The molecule has 1 heterocycles. The number of hydrogen-bond donors (Lipinski definition) is 2. The van der Waals surface area contributed by atoms with Gasteiger partial charge in [-0.1, -0.05) is 51.1 Å². The lowest BCUT2D eigenvalue weighted by atomic mass is 9.93. The van der Waals surface area contributed by atoms with Crippen LogP contribution in [0, 0.1) is 5.41 Å². The van der Waals surface area contributed by atoms with E-state index < -0.39 is 0 Å². The molecule has 1 aromatic carbocycles. The highest BCUT2D eigenvalue weighted by atomic mass is 32.1. The molecule has 1 atom stereocenters. The van der Waals surface area contributed by atoms with Crippen LogP contribution in [-0.2, 0) is 12.0 Å². The maximum atomic E-state index is 10.7. The van der Waals surface area contributed by atoms with Gasteiger partial charge < -0.3 is 10.4 Å². The predicted octanol–water partition coefficient (Wildman–Crippen LogP) is 4.04. The monoisotopic (exact) mass is 330 g/mol. The molecule has 4 heteroatoms. The minimum absolute atomic E-state index is 0.0128. The average molecular weight is 330 g/mol. The Morgan fingerprint density at radius 2 is 1.96 bits per heavy atom. The lowest BCUT2D eigenvalue weighted by Crippen LogP contribution is -2.28.